The van der Waals surface area contributed by atoms with E-state index in [1.54, 1.807) is 0 Å². The van der Waals surface area contributed by atoms with Crippen LogP contribution in [0.4, 0.5) is 0 Å². The largest absolute Gasteiger partial charge is 0.370 e. The highest BCUT2D eigenvalue weighted by Crippen LogP contribution is 2.12. The fraction of sp³-hybridized carbons (Fsp3) is 0.895. The van der Waals surface area contributed by atoms with Crippen LogP contribution >= 0.6 is 0 Å². The van der Waals surface area contributed by atoms with Gasteiger partial charge in [-0.25, -0.2) is 4.99 Å². The third-order valence-corrected chi connectivity index (χ3v) is 4.35. The van der Waals surface area contributed by atoms with E-state index in [0.717, 1.165) is 18.9 Å². The lowest BCUT2D eigenvalue weighted by molar-refractivity contribution is 0.467. The van der Waals surface area contributed by atoms with Crippen LogP contribution in [-0.4, -0.2) is 24.1 Å². The predicted molar refractivity (Wildman–Crippen MR) is 105 cm³/mol. The molecule has 0 saturated carbocycles. The van der Waals surface area contributed by atoms with Crippen LogP contribution in [0.5, 0.6) is 0 Å². The van der Waals surface area contributed by atoms with E-state index in [0.29, 0.717) is 5.96 Å². The van der Waals surface area contributed by atoms with E-state index in [2.05, 4.69) is 27.5 Å². The molecule has 0 bridgehead atoms. The first-order valence-electron chi connectivity index (χ1n) is 9.98. The molecule has 0 radical (unpaired) electrons. The normalized spacial score (nSPS) is 18.1. The first-order chi connectivity index (χ1) is 11.5. The quantitative estimate of drug-likeness (QED) is 0.439. The zero-order valence-corrected chi connectivity index (χ0v) is 16.2. The van der Waals surface area contributed by atoms with Gasteiger partial charge in [0, 0.05) is 6.54 Å². The Morgan fingerprint density at radius 3 is 1.88 bits per heavy atom. The average Bonchev–Trinajstić information content (AvgIpc) is 2.50. The molecule has 1 rings (SSSR count). The van der Waals surface area contributed by atoms with Gasteiger partial charge in [0.2, 0.25) is 0 Å². The highest BCUT2D eigenvalue weighted by Gasteiger charge is 2.23. The second-order valence-corrected chi connectivity index (χ2v) is 7.43. The van der Waals surface area contributed by atoms with E-state index in [1.165, 1.54) is 70.6 Å². The van der Waals surface area contributed by atoms with Crippen molar-refractivity contribution in [1.29, 1.82) is 0 Å². The summed E-state index contributed by atoms with van der Waals surface area (Å²) in [5.74, 6) is 1.18. The fourth-order valence-electron chi connectivity index (χ4n) is 3.02. The number of nitrogens with one attached hydrogen (secondary N) is 2. The maximum Gasteiger partial charge on any atom is 0.199 e. The first kappa shape index (κ1) is 20.8. The zero-order valence-electron chi connectivity index (χ0n) is 16.2. The number of rotatable bonds is 13. The maximum absolute atomic E-state index is 5.76. The van der Waals surface area contributed by atoms with Crippen molar-refractivity contribution < 1.29 is 0 Å². The molecule has 0 spiro atoms. The molecule has 5 heteroatoms. The summed E-state index contributed by atoms with van der Waals surface area (Å²) >= 11 is 0. The molecule has 0 fully saturated rings. The van der Waals surface area contributed by atoms with Crippen LogP contribution < -0.4 is 16.4 Å². The smallest absolute Gasteiger partial charge is 0.199 e. The van der Waals surface area contributed by atoms with Crippen molar-refractivity contribution >= 4 is 11.9 Å². The average molecular weight is 338 g/mol. The Kier molecular flexibility index (Phi) is 10.5. The van der Waals surface area contributed by atoms with Gasteiger partial charge in [0.25, 0.3) is 0 Å². The Morgan fingerprint density at radius 1 is 0.875 bits per heavy atom. The van der Waals surface area contributed by atoms with Gasteiger partial charge in [-0.05, 0) is 20.3 Å². The Bertz CT molecular complexity index is 387. The Balaban J connectivity index is 1.92. The van der Waals surface area contributed by atoms with E-state index < -0.39 is 0 Å². The van der Waals surface area contributed by atoms with E-state index in [9.17, 15) is 0 Å². The van der Waals surface area contributed by atoms with Crippen LogP contribution in [0, 0.1) is 0 Å². The summed E-state index contributed by atoms with van der Waals surface area (Å²) in [5.41, 5.74) is 5.39. The van der Waals surface area contributed by atoms with Gasteiger partial charge < -0.3 is 11.1 Å². The minimum atomic E-state index is -0.370. The van der Waals surface area contributed by atoms with Gasteiger partial charge in [0.1, 0.15) is 5.66 Å². The van der Waals surface area contributed by atoms with E-state index in [4.69, 9.17) is 5.73 Å². The monoisotopic (exact) mass is 337 g/mol. The standard InChI is InChI=1S/C19H39N5/c1-4-5-6-7-8-9-10-11-12-13-14-15-16-21-18-22-17(20)23-19(2,3)24-18/h4-16H2,1-3H3,(H4,20,21,22,23,24). The minimum Gasteiger partial charge on any atom is -0.370 e. The molecule has 0 unspecified atom stereocenters. The summed E-state index contributed by atoms with van der Waals surface area (Å²) in [6, 6.07) is 0. The van der Waals surface area contributed by atoms with E-state index >= 15 is 0 Å². The number of guanidine groups is 2. The molecule has 1 aliphatic heterocycles. The van der Waals surface area contributed by atoms with Gasteiger partial charge in [-0.15, -0.1) is 0 Å². The molecule has 24 heavy (non-hydrogen) atoms. The summed E-state index contributed by atoms with van der Waals surface area (Å²) in [6.07, 6.45) is 16.4. The summed E-state index contributed by atoms with van der Waals surface area (Å²) in [6.45, 7) is 7.09. The van der Waals surface area contributed by atoms with Crippen LogP contribution in [0.1, 0.15) is 97.8 Å². The molecule has 0 aromatic carbocycles. The molecule has 0 aliphatic carbocycles. The number of nitrogens with two attached hydrogens (primary N) is 1. The first-order valence-corrected chi connectivity index (χ1v) is 9.98. The Hall–Kier alpha value is -1.26. The highest BCUT2D eigenvalue weighted by atomic mass is 15.4. The molecule has 4 N–H and O–H groups in total. The SMILES string of the molecule is CCCCCCCCCCCCCCN=C1NC(N)=NC(C)(C)N1. The molecular formula is C19H39N5. The summed E-state index contributed by atoms with van der Waals surface area (Å²) in [5, 5.41) is 6.22. The third kappa shape index (κ3) is 10.5. The molecule has 1 heterocycles. The van der Waals surface area contributed by atoms with Gasteiger partial charge in [0.15, 0.2) is 11.9 Å². The second-order valence-electron chi connectivity index (χ2n) is 7.43. The van der Waals surface area contributed by atoms with Gasteiger partial charge in [-0.2, -0.15) is 0 Å². The topological polar surface area (TPSA) is 74.8 Å². The van der Waals surface area contributed by atoms with Crippen molar-refractivity contribution in [3.63, 3.8) is 0 Å². The predicted octanol–water partition coefficient (Wildman–Crippen LogP) is 4.29. The number of hydrogen-bond acceptors (Lipinski definition) is 3. The molecule has 0 aromatic rings. The van der Waals surface area contributed by atoms with Crippen LogP contribution in [0.25, 0.3) is 0 Å². The highest BCUT2D eigenvalue weighted by molar-refractivity contribution is 6.00. The zero-order chi connectivity index (χ0) is 17.7. The molecule has 0 amide bonds. The fourth-order valence-corrected chi connectivity index (χ4v) is 3.02. The van der Waals surface area contributed by atoms with Gasteiger partial charge in [-0.1, -0.05) is 77.6 Å². The molecule has 1 aliphatic rings. The molecular weight excluding hydrogens is 298 g/mol. The van der Waals surface area contributed by atoms with Gasteiger partial charge >= 0.3 is 0 Å². The molecule has 0 atom stereocenters. The van der Waals surface area contributed by atoms with Crippen molar-refractivity contribution in [2.75, 3.05) is 6.54 Å². The number of nitrogens with zero attached hydrogens (tertiary/aromatic N) is 2. The van der Waals surface area contributed by atoms with Crippen molar-refractivity contribution in [3.05, 3.63) is 0 Å². The number of unbranched alkanes of at least 4 members (excludes halogenated alkanes) is 11. The van der Waals surface area contributed by atoms with E-state index in [1.807, 2.05) is 13.8 Å². The minimum absolute atomic E-state index is 0.370. The molecule has 140 valence electrons. The number of aliphatic imine (C=N–C) groups is 2. The van der Waals surface area contributed by atoms with E-state index in [-0.39, 0.29) is 5.66 Å². The van der Waals surface area contributed by atoms with Crippen molar-refractivity contribution in [2.45, 2.75) is 103 Å². The summed E-state index contributed by atoms with van der Waals surface area (Å²) in [4.78, 5) is 8.82. The van der Waals surface area contributed by atoms with Crippen molar-refractivity contribution in [1.82, 2.24) is 10.6 Å². The summed E-state index contributed by atoms with van der Waals surface area (Å²) in [7, 11) is 0. The van der Waals surface area contributed by atoms with Crippen LogP contribution in [-0.2, 0) is 0 Å². The van der Waals surface area contributed by atoms with Crippen LogP contribution in [0.2, 0.25) is 0 Å². The lowest BCUT2D eigenvalue weighted by atomic mass is 10.1. The van der Waals surface area contributed by atoms with Crippen LogP contribution in [0.15, 0.2) is 9.98 Å². The molecule has 0 aromatic heterocycles. The van der Waals surface area contributed by atoms with Crippen molar-refractivity contribution in [2.24, 2.45) is 15.7 Å². The molecule has 0 saturated heterocycles. The second kappa shape index (κ2) is 12.2. The third-order valence-electron chi connectivity index (χ3n) is 4.35. The Morgan fingerprint density at radius 2 is 1.38 bits per heavy atom. The lowest BCUT2D eigenvalue weighted by Crippen LogP contribution is -2.57. The number of hydrogen-bond donors (Lipinski definition) is 3. The molecule has 5 nitrogen and oxygen atoms in total. The maximum atomic E-state index is 5.76. The Labute approximate surface area is 149 Å². The lowest BCUT2D eigenvalue weighted by Gasteiger charge is -2.29. The summed E-state index contributed by atoms with van der Waals surface area (Å²) < 4.78 is 0. The van der Waals surface area contributed by atoms with Gasteiger partial charge in [-0.3, -0.25) is 10.3 Å². The van der Waals surface area contributed by atoms with Crippen LogP contribution in [0.3, 0.4) is 0 Å². The van der Waals surface area contributed by atoms with Crippen molar-refractivity contribution in [3.8, 4) is 0 Å². The van der Waals surface area contributed by atoms with Gasteiger partial charge in [0.05, 0.1) is 0 Å².